The second-order valence-electron chi connectivity index (χ2n) is 11.8. The number of carbonyl (C=O) groups excluding carboxylic acids is 2. The summed E-state index contributed by atoms with van der Waals surface area (Å²) in [6, 6.07) is 5.73. The van der Waals surface area contributed by atoms with Crippen molar-refractivity contribution in [1.29, 1.82) is 0 Å². The van der Waals surface area contributed by atoms with Gasteiger partial charge in [0, 0.05) is 22.2 Å². The minimum absolute atomic E-state index is 0. The van der Waals surface area contributed by atoms with E-state index in [1.807, 2.05) is 45.2 Å². The molecule has 4 heterocycles. The first kappa shape index (κ1) is 26.9. The highest BCUT2D eigenvalue weighted by atomic mass is 35.5. The minimum Gasteiger partial charge on any atom is -0.492 e. The van der Waals surface area contributed by atoms with E-state index in [-0.39, 0.29) is 53.4 Å². The Hall–Kier alpha value is -2.68. The van der Waals surface area contributed by atoms with Crippen molar-refractivity contribution in [2.24, 2.45) is 22.7 Å². The van der Waals surface area contributed by atoms with Crippen LogP contribution in [0.25, 0.3) is 16.8 Å². The lowest BCUT2D eigenvalue weighted by Gasteiger charge is -2.34. The molecule has 1 aromatic carbocycles. The molecular formula is C28H33Cl2N5O3. The highest BCUT2D eigenvalue weighted by Crippen LogP contribution is 2.63. The molecule has 2 aliphatic heterocycles. The number of ether oxygens (including phenoxy) is 1. The Morgan fingerprint density at radius 3 is 2.47 bits per heavy atom. The van der Waals surface area contributed by atoms with Gasteiger partial charge in [-0.25, -0.2) is 9.50 Å². The van der Waals surface area contributed by atoms with E-state index < -0.39 is 0 Å². The van der Waals surface area contributed by atoms with E-state index in [1.165, 1.54) is 11.2 Å². The highest BCUT2D eigenvalue weighted by molar-refractivity contribution is 6.31. The van der Waals surface area contributed by atoms with E-state index in [2.05, 4.69) is 22.3 Å². The van der Waals surface area contributed by atoms with Gasteiger partial charge in [-0.2, -0.15) is 5.10 Å². The predicted octanol–water partition coefficient (Wildman–Crippen LogP) is 4.69. The molecule has 2 aromatic heterocycles. The lowest BCUT2D eigenvalue weighted by molar-refractivity contribution is -0.143. The Bertz CT molecular complexity index is 1410. The Labute approximate surface area is 233 Å². The molecule has 1 N–H and O–H groups in total. The Morgan fingerprint density at radius 1 is 1.11 bits per heavy atom. The van der Waals surface area contributed by atoms with Crippen LogP contribution in [0, 0.1) is 29.6 Å². The number of imide groups is 1. The molecule has 6 rings (SSSR count). The maximum atomic E-state index is 12.9. The molecule has 0 radical (unpaired) electrons. The number of hydrogen-bond acceptors (Lipinski definition) is 6. The molecule has 3 aliphatic rings. The monoisotopic (exact) mass is 557 g/mol. The molecule has 2 atom stereocenters. The van der Waals surface area contributed by atoms with Crippen molar-refractivity contribution < 1.29 is 14.3 Å². The predicted molar refractivity (Wildman–Crippen MR) is 147 cm³/mol. The summed E-state index contributed by atoms with van der Waals surface area (Å²) in [6.07, 6.45) is 5.47. The summed E-state index contributed by atoms with van der Waals surface area (Å²) in [5.41, 5.74) is 3.91. The zero-order valence-corrected chi connectivity index (χ0v) is 23.7. The summed E-state index contributed by atoms with van der Waals surface area (Å²) in [6.45, 7) is 11.1. The van der Waals surface area contributed by atoms with Gasteiger partial charge in [-0.05, 0) is 67.6 Å². The summed E-state index contributed by atoms with van der Waals surface area (Å²) < 4.78 is 8.23. The van der Waals surface area contributed by atoms with Crippen LogP contribution >= 0.6 is 24.0 Å². The number of rotatable bonds is 6. The normalized spacial score (nSPS) is 23.3. The van der Waals surface area contributed by atoms with E-state index in [4.69, 9.17) is 16.3 Å². The van der Waals surface area contributed by atoms with Crippen molar-refractivity contribution in [3.8, 4) is 17.0 Å². The van der Waals surface area contributed by atoms with Crippen LogP contribution in [-0.2, 0) is 16.1 Å². The lowest BCUT2D eigenvalue weighted by atomic mass is 9.82. The minimum atomic E-state index is -0.221. The van der Waals surface area contributed by atoms with Crippen molar-refractivity contribution in [1.82, 2.24) is 24.8 Å². The van der Waals surface area contributed by atoms with Crippen LogP contribution in [0.1, 0.15) is 44.7 Å². The van der Waals surface area contributed by atoms with Crippen molar-refractivity contribution in [2.75, 3.05) is 19.7 Å². The molecule has 0 spiro atoms. The summed E-state index contributed by atoms with van der Waals surface area (Å²) in [5, 5.41) is 8.41. The second-order valence-corrected chi connectivity index (χ2v) is 12.2. The molecule has 1 saturated carbocycles. The number of aromatic nitrogens is 3. The topological polar surface area (TPSA) is 88.8 Å². The summed E-state index contributed by atoms with van der Waals surface area (Å²) in [7, 11) is 0. The third-order valence-corrected chi connectivity index (χ3v) is 8.78. The maximum Gasteiger partial charge on any atom is 0.233 e. The largest absolute Gasteiger partial charge is 0.492 e. The summed E-state index contributed by atoms with van der Waals surface area (Å²) in [4.78, 5) is 31.7. The molecule has 202 valence electrons. The Kier molecular flexibility index (Phi) is 6.73. The van der Waals surface area contributed by atoms with Gasteiger partial charge < -0.3 is 10.1 Å². The van der Waals surface area contributed by atoms with E-state index in [0.29, 0.717) is 17.3 Å². The number of benzene rings is 1. The third kappa shape index (κ3) is 4.36. The molecule has 2 amide bonds. The van der Waals surface area contributed by atoms with E-state index >= 15 is 0 Å². The van der Waals surface area contributed by atoms with Crippen LogP contribution < -0.4 is 10.1 Å². The number of piperidine rings is 2. The van der Waals surface area contributed by atoms with Crippen LogP contribution in [-0.4, -0.2) is 51.0 Å². The van der Waals surface area contributed by atoms with Crippen LogP contribution in [0.4, 0.5) is 0 Å². The van der Waals surface area contributed by atoms with Crippen molar-refractivity contribution in [3.05, 3.63) is 46.9 Å². The van der Waals surface area contributed by atoms with Crippen molar-refractivity contribution in [3.63, 3.8) is 0 Å². The van der Waals surface area contributed by atoms with Gasteiger partial charge in [-0.15, -0.1) is 12.4 Å². The first-order valence-electron chi connectivity index (χ1n) is 12.9. The molecular weight excluding hydrogens is 525 g/mol. The van der Waals surface area contributed by atoms with Gasteiger partial charge in [0.2, 0.25) is 11.8 Å². The van der Waals surface area contributed by atoms with Gasteiger partial charge >= 0.3 is 0 Å². The van der Waals surface area contributed by atoms with Crippen molar-refractivity contribution >= 4 is 41.3 Å². The number of likely N-dealkylation sites (tertiary alicyclic amines) is 1. The molecule has 3 aromatic rings. The number of fused-ring (bicyclic) bond motifs is 2. The molecule has 2 unspecified atom stereocenters. The molecule has 1 aliphatic carbocycles. The van der Waals surface area contributed by atoms with Crippen LogP contribution in [0.3, 0.4) is 0 Å². The first-order valence-corrected chi connectivity index (χ1v) is 13.3. The zero-order valence-electron chi connectivity index (χ0n) is 22.1. The SMILES string of the molecule is Cc1cc(Cl)cc(-c2ncnn3cc(CN4C(=O)C5C(C4=O)C5(C)C)cc23)c1OCC1(C)CCNCC1.Cl. The second kappa shape index (κ2) is 9.50. The zero-order chi connectivity index (χ0) is 26.1. The fourth-order valence-corrected chi connectivity index (χ4v) is 6.41. The first-order chi connectivity index (χ1) is 17.6. The number of nitrogens with zero attached hydrogens (tertiary/aromatic N) is 4. The number of hydrogen-bond donors (Lipinski definition) is 1. The van der Waals surface area contributed by atoms with Crippen molar-refractivity contribution in [2.45, 2.75) is 47.1 Å². The Balaban J connectivity index is 0.00000294. The highest BCUT2D eigenvalue weighted by Gasteiger charge is 2.72. The van der Waals surface area contributed by atoms with E-state index in [1.54, 1.807) is 4.52 Å². The average Bonchev–Trinajstić information content (AvgIpc) is 3.09. The third-order valence-electron chi connectivity index (χ3n) is 8.56. The lowest BCUT2D eigenvalue weighted by Crippen LogP contribution is -2.38. The number of carbonyl (C=O) groups is 2. The molecule has 8 nitrogen and oxygen atoms in total. The van der Waals surface area contributed by atoms with E-state index in [9.17, 15) is 9.59 Å². The molecule has 2 saturated heterocycles. The summed E-state index contributed by atoms with van der Waals surface area (Å²) >= 11 is 6.50. The molecule has 3 fully saturated rings. The standard InChI is InChI=1S/C28H32ClN5O3.ClH/c1-16-9-18(29)11-19(24(16)37-14-28(4)5-7-30-8-6-28)23-20-10-17(13-34(20)32-15-31-23)12-33-25(35)21-22(26(33)36)27(21,2)3;/h9-11,13,15,21-22,30H,5-8,12,14H2,1-4H3;1H. The fourth-order valence-electron chi connectivity index (χ4n) is 6.14. The number of nitrogens with one attached hydrogen (secondary N) is 1. The van der Waals surface area contributed by atoms with Gasteiger partial charge in [0.25, 0.3) is 0 Å². The van der Waals surface area contributed by atoms with Gasteiger partial charge in [0.1, 0.15) is 17.8 Å². The van der Waals surface area contributed by atoms with Crippen LogP contribution in [0.15, 0.2) is 30.7 Å². The molecule has 38 heavy (non-hydrogen) atoms. The van der Waals surface area contributed by atoms with Crippen LogP contribution in [0.5, 0.6) is 5.75 Å². The van der Waals surface area contributed by atoms with Gasteiger partial charge in [-0.3, -0.25) is 14.5 Å². The van der Waals surface area contributed by atoms with E-state index in [0.717, 1.165) is 53.9 Å². The maximum absolute atomic E-state index is 12.9. The van der Waals surface area contributed by atoms with Gasteiger partial charge in [0.05, 0.1) is 30.5 Å². The van der Waals surface area contributed by atoms with Crippen LogP contribution in [0.2, 0.25) is 5.02 Å². The quantitative estimate of drug-likeness (QED) is 0.442. The average molecular weight is 559 g/mol. The smallest absolute Gasteiger partial charge is 0.233 e. The number of amides is 2. The number of aryl methyl sites for hydroxylation is 1. The summed E-state index contributed by atoms with van der Waals surface area (Å²) in [5.74, 6) is 0.231. The molecule has 10 heteroatoms. The molecule has 0 bridgehead atoms. The van der Waals surface area contributed by atoms with Gasteiger partial charge in [-0.1, -0.05) is 32.4 Å². The van der Waals surface area contributed by atoms with Gasteiger partial charge in [0.15, 0.2) is 0 Å². The Morgan fingerprint density at radius 2 is 1.79 bits per heavy atom. The number of halogens is 2. The fraction of sp³-hybridized carbons (Fsp3) is 0.500.